The van der Waals surface area contributed by atoms with Crippen LogP contribution in [0.3, 0.4) is 0 Å². The van der Waals surface area contributed by atoms with Crippen molar-refractivity contribution in [2.75, 3.05) is 76.0 Å². The maximum Gasteiger partial charge on any atom is 0.417 e. The van der Waals surface area contributed by atoms with Crippen LogP contribution < -0.4 is 43.1 Å². The Morgan fingerprint density at radius 2 is 1.24 bits per heavy atom. The summed E-state index contributed by atoms with van der Waals surface area (Å²) in [6.45, 7) is 3.73. The number of nitrogens with zero attached hydrogens (tertiary/aromatic N) is 8. The lowest BCUT2D eigenvalue weighted by Gasteiger charge is -2.34. The van der Waals surface area contributed by atoms with E-state index in [2.05, 4.69) is 14.9 Å². The molecule has 0 amide bonds. The minimum atomic E-state index is -5.45. The molecule has 0 unspecified atom stereocenters. The molecule has 11 rings (SSSR count). The monoisotopic (exact) mass is 1170 g/mol. The van der Waals surface area contributed by atoms with E-state index in [1.165, 1.54) is 19.1 Å². The van der Waals surface area contributed by atoms with Gasteiger partial charge in [0, 0.05) is 50.9 Å². The van der Waals surface area contributed by atoms with Crippen LogP contribution in [0.1, 0.15) is 71.2 Å². The van der Waals surface area contributed by atoms with Gasteiger partial charge in [0.25, 0.3) is 0 Å². The molecule has 85 heavy (non-hydrogen) atoms. The van der Waals surface area contributed by atoms with E-state index in [1.807, 2.05) is 71.3 Å². The van der Waals surface area contributed by atoms with E-state index in [1.54, 1.807) is 75.0 Å². The first kappa shape index (κ1) is 58.2. The van der Waals surface area contributed by atoms with Crippen molar-refractivity contribution in [2.24, 2.45) is 0 Å². The molecule has 6 heterocycles. The Labute approximate surface area is 487 Å². The Kier molecular flexibility index (Phi) is 16.6. The largest absolute Gasteiger partial charge is 0.497 e. The number of aromatic nitrogens is 4. The first-order valence-corrected chi connectivity index (χ1v) is 27.9. The van der Waals surface area contributed by atoms with Crippen LogP contribution in [-0.2, 0) is 32.4 Å². The number of hydrogen-bond donors (Lipinski definition) is 0. The van der Waals surface area contributed by atoms with Gasteiger partial charge in [-0.25, -0.2) is 27.5 Å². The zero-order valence-corrected chi connectivity index (χ0v) is 47.8. The molecule has 0 spiro atoms. The highest BCUT2D eigenvalue weighted by Gasteiger charge is 2.50. The summed E-state index contributed by atoms with van der Waals surface area (Å²) in [4.78, 5) is 26.2. The lowest BCUT2D eigenvalue weighted by molar-refractivity contribution is -0.137. The molecule has 21 heteroatoms. The highest BCUT2D eigenvalue weighted by molar-refractivity contribution is 5.97. The van der Waals surface area contributed by atoms with Crippen LogP contribution in [0.15, 0.2) is 115 Å². The predicted octanol–water partition coefficient (Wildman–Crippen LogP) is 13.2. The standard InChI is InChI=1S/C64H63F7N8O6/c1-38-52(64(69,70)71)50(54(67)58(53(38)66)76(32-40-10-18-45(80-3)19-11-40)33-41-12-20-46(81-4)21-13-41)56-55(68)57-51-60(75-62(74-57)85-37-63-26-8-28-78(63)36-44(65)31-63)79(29-30-84-61(51)73-56)39(2)49-9-7-27-72-59(49)77(34-42-14-22-47(82-5)23-15-42)35-43-16-24-48(83-6)25-17-43/h7,9-25,27,39,44H,8,26,28-37H2,1-6H3/t39-,44-,63+/m1/s1. The van der Waals surface area contributed by atoms with Crippen molar-refractivity contribution in [2.45, 2.75) is 83.2 Å². The van der Waals surface area contributed by atoms with Gasteiger partial charge in [0.05, 0.1) is 57.7 Å². The fraction of sp³-hybridized carbons (Fsp3) is 0.344. The summed E-state index contributed by atoms with van der Waals surface area (Å²) >= 11 is 0. The van der Waals surface area contributed by atoms with Crippen LogP contribution in [0.25, 0.3) is 22.2 Å². The van der Waals surface area contributed by atoms with Gasteiger partial charge in [-0.2, -0.15) is 23.1 Å². The molecule has 3 aromatic heterocycles. The fourth-order valence-corrected chi connectivity index (χ4v) is 12.1. The highest BCUT2D eigenvalue weighted by Crippen LogP contribution is 2.50. The normalized spacial score (nSPS) is 17.0. The molecule has 3 atom stereocenters. The molecule has 3 aliphatic heterocycles. The van der Waals surface area contributed by atoms with Crippen LogP contribution in [0.5, 0.6) is 34.9 Å². The number of rotatable bonds is 20. The maximum atomic E-state index is 18.4. The minimum Gasteiger partial charge on any atom is -0.497 e. The molecule has 0 radical (unpaired) electrons. The Balaban J connectivity index is 1.08. The van der Waals surface area contributed by atoms with Gasteiger partial charge >= 0.3 is 12.2 Å². The van der Waals surface area contributed by atoms with Crippen LogP contribution in [-0.4, -0.2) is 97.8 Å². The molecule has 2 saturated heterocycles. The van der Waals surface area contributed by atoms with Crippen molar-refractivity contribution in [3.8, 4) is 46.1 Å². The first-order valence-electron chi connectivity index (χ1n) is 27.9. The predicted molar refractivity (Wildman–Crippen MR) is 308 cm³/mol. The second-order valence-electron chi connectivity index (χ2n) is 21.6. The van der Waals surface area contributed by atoms with Crippen molar-refractivity contribution in [1.82, 2.24) is 24.8 Å². The van der Waals surface area contributed by atoms with Gasteiger partial charge in [-0.3, -0.25) is 4.90 Å². The van der Waals surface area contributed by atoms with E-state index in [4.69, 9.17) is 38.4 Å². The van der Waals surface area contributed by atoms with Crippen LogP contribution in [0.4, 0.5) is 48.1 Å². The summed E-state index contributed by atoms with van der Waals surface area (Å²) in [5.74, 6) is -2.15. The van der Waals surface area contributed by atoms with E-state index in [0.717, 1.165) is 24.5 Å². The highest BCUT2D eigenvalue weighted by atomic mass is 19.4. The average Bonchev–Trinajstić information content (AvgIpc) is 3.37. The summed E-state index contributed by atoms with van der Waals surface area (Å²) in [5.41, 5.74) is -3.84. The molecule has 0 N–H and O–H groups in total. The zero-order valence-electron chi connectivity index (χ0n) is 47.8. The van der Waals surface area contributed by atoms with Crippen molar-refractivity contribution < 1.29 is 59.2 Å². The molecule has 2 fully saturated rings. The Morgan fingerprint density at radius 1 is 0.694 bits per heavy atom. The van der Waals surface area contributed by atoms with Crippen LogP contribution in [0, 0.1) is 24.4 Å². The van der Waals surface area contributed by atoms with Crippen molar-refractivity contribution in [3.63, 3.8) is 0 Å². The van der Waals surface area contributed by atoms with Gasteiger partial charge in [-0.1, -0.05) is 54.6 Å². The van der Waals surface area contributed by atoms with Crippen LogP contribution in [0.2, 0.25) is 0 Å². The zero-order chi connectivity index (χ0) is 59.7. The summed E-state index contributed by atoms with van der Waals surface area (Å²) < 4.78 is 151. The number of alkyl halides is 4. The number of methoxy groups -OCH3 is 4. The quantitative estimate of drug-likeness (QED) is 0.0673. The summed E-state index contributed by atoms with van der Waals surface area (Å²) in [6, 6.07) is 31.2. The molecule has 0 bridgehead atoms. The van der Waals surface area contributed by atoms with Crippen LogP contribution >= 0.6 is 0 Å². The number of pyridine rings is 2. The van der Waals surface area contributed by atoms with Crippen molar-refractivity contribution in [3.05, 3.63) is 172 Å². The Bertz CT molecular complexity index is 3600. The first-order chi connectivity index (χ1) is 41.0. The maximum absolute atomic E-state index is 18.4. The molecule has 14 nitrogen and oxygen atoms in total. The second kappa shape index (κ2) is 24.2. The number of hydrogen-bond acceptors (Lipinski definition) is 14. The van der Waals surface area contributed by atoms with E-state index < -0.39 is 80.8 Å². The molecule has 0 aliphatic carbocycles. The smallest absolute Gasteiger partial charge is 0.417 e. The molecule has 5 aromatic carbocycles. The number of benzene rings is 5. The Hall–Kier alpha value is -8.59. The van der Waals surface area contributed by atoms with Gasteiger partial charge < -0.3 is 43.1 Å². The third-order valence-electron chi connectivity index (χ3n) is 16.4. The fourth-order valence-electron chi connectivity index (χ4n) is 12.1. The van der Waals surface area contributed by atoms with Crippen molar-refractivity contribution >= 4 is 28.2 Å². The van der Waals surface area contributed by atoms with E-state index in [-0.39, 0.29) is 63.0 Å². The molecule has 0 saturated carbocycles. The average molecular weight is 1170 g/mol. The molecule has 444 valence electrons. The van der Waals surface area contributed by atoms with E-state index in [0.29, 0.717) is 71.6 Å². The molecule has 8 aromatic rings. The number of anilines is 3. The number of ether oxygens (including phenoxy) is 6. The molecular formula is C64H63F7N8O6. The van der Waals surface area contributed by atoms with Crippen molar-refractivity contribution in [1.29, 1.82) is 0 Å². The van der Waals surface area contributed by atoms with E-state index in [9.17, 15) is 0 Å². The van der Waals surface area contributed by atoms with E-state index >= 15 is 30.7 Å². The number of fused-ring (bicyclic) bond motifs is 1. The molecule has 3 aliphatic rings. The number of halogens is 7. The lowest BCUT2D eigenvalue weighted by atomic mass is 9.94. The second-order valence-corrected chi connectivity index (χ2v) is 21.6. The van der Waals surface area contributed by atoms with Gasteiger partial charge in [0.2, 0.25) is 5.88 Å². The van der Waals surface area contributed by atoms with Gasteiger partial charge in [-0.05, 0) is 116 Å². The summed E-state index contributed by atoms with van der Waals surface area (Å²) in [7, 11) is 6.15. The summed E-state index contributed by atoms with van der Waals surface area (Å²) in [5, 5.41) is -0.143. The third kappa shape index (κ3) is 11.7. The third-order valence-corrected chi connectivity index (χ3v) is 16.4. The summed E-state index contributed by atoms with van der Waals surface area (Å²) in [6.07, 6.45) is -3.35. The van der Waals surface area contributed by atoms with Gasteiger partial charge in [0.1, 0.15) is 76.3 Å². The van der Waals surface area contributed by atoms with Gasteiger partial charge in [-0.15, -0.1) is 0 Å². The molecular weight excluding hydrogens is 1110 g/mol. The van der Waals surface area contributed by atoms with Gasteiger partial charge in [0.15, 0.2) is 17.5 Å². The topological polar surface area (TPSA) is 120 Å². The minimum absolute atomic E-state index is 0.0397. The lowest BCUT2D eigenvalue weighted by Crippen LogP contribution is -2.43. The SMILES string of the molecule is COc1ccc(CN(Cc2ccc(OC)cc2)c2ncccc2[C@@H](C)N2CCOc3nc(-c4c(F)c(N(Cc5ccc(OC)cc5)Cc5ccc(OC)cc5)c(F)c(C)c4C(F)(F)F)c(F)c4nc(OC[C@@]56CCCN5C[C@H](F)C6)nc2c34)cc1. The Morgan fingerprint density at radius 3 is 1.76 bits per heavy atom.